The second-order valence-electron chi connectivity index (χ2n) is 4.85. The van der Waals surface area contributed by atoms with Gasteiger partial charge in [0.1, 0.15) is 5.82 Å². The SMILES string of the molecule is NCCn1c(CN2CCOCC2)nc2ccccc21. The maximum atomic E-state index is 5.73. The summed E-state index contributed by atoms with van der Waals surface area (Å²) in [6, 6.07) is 8.25. The summed E-state index contributed by atoms with van der Waals surface area (Å²) in [5.74, 6) is 1.11. The minimum Gasteiger partial charge on any atom is -0.379 e. The molecule has 2 N–H and O–H groups in total. The normalized spacial score (nSPS) is 17.1. The average Bonchev–Trinajstić information content (AvgIpc) is 2.79. The second kappa shape index (κ2) is 5.69. The van der Waals surface area contributed by atoms with Gasteiger partial charge in [-0.1, -0.05) is 12.1 Å². The van der Waals surface area contributed by atoms with E-state index in [1.165, 1.54) is 5.52 Å². The summed E-state index contributed by atoms with van der Waals surface area (Å²) in [5.41, 5.74) is 7.96. The molecule has 1 aliphatic rings. The minimum absolute atomic E-state index is 0.635. The molecule has 0 aliphatic carbocycles. The Balaban J connectivity index is 1.90. The predicted molar refractivity (Wildman–Crippen MR) is 74.9 cm³/mol. The van der Waals surface area contributed by atoms with Crippen LogP contribution in [-0.4, -0.2) is 47.3 Å². The molecule has 0 radical (unpaired) electrons. The fourth-order valence-corrected chi connectivity index (χ4v) is 2.58. The molecule has 1 aromatic carbocycles. The quantitative estimate of drug-likeness (QED) is 0.884. The van der Waals surface area contributed by atoms with Crippen molar-refractivity contribution in [3.63, 3.8) is 0 Å². The molecule has 19 heavy (non-hydrogen) atoms. The van der Waals surface area contributed by atoms with Crippen LogP contribution in [0.4, 0.5) is 0 Å². The summed E-state index contributed by atoms with van der Waals surface area (Å²) in [5, 5.41) is 0. The van der Waals surface area contributed by atoms with Crippen LogP contribution in [0.3, 0.4) is 0 Å². The van der Waals surface area contributed by atoms with E-state index in [1.807, 2.05) is 6.07 Å². The number of rotatable bonds is 4. The summed E-state index contributed by atoms with van der Waals surface area (Å²) in [6.07, 6.45) is 0. The molecule has 0 unspecified atom stereocenters. The summed E-state index contributed by atoms with van der Waals surface area (Å²) in [6.45, 7) is 5.92. The van der Waals surface area contributed by atoms with Crippen molar-refractivity contribution >= 4 is 11.0 Å². The molecule has 1 saturated heterocycles. The monoisotopic (exact) mass is 260 g/mol. The summed E-state index contributed by atoms with van der Waals surface area (Å²) >= 11 is 0. The van der Waals surface area contributed by atoms with Gasteiger partial charge in [0.15, 0.2) is 0 Å². The highest BCUT2D eigenvalue weighted by atomic mass is 16.5. The lowest BCUT2D eigenvalue weighted by molar-refractivity contribution is 0.0326. The molecule has 2 aromatic rings. The third-order valence-electron chi connectivity index (χ3n) is 3.56. The topological polar surface area (TPSA) is 56.3 Å². The molecular formula is C14H20N4O. The van der Waals surface area contributed by atoms with Crippen LogP contribution >= 0.6 is 0 Å². The number of fused-ring (bicyclic) bond motifs is 1. The van der Waals surface area contributed by atoms with Crippen molar-refractivity contribution in [2.24, 2.45) is 5.73 Å². The molecule has 0 bridgehead atoms. The zero-order valence-corrected chi connectivity index (χ0v) is 11.1. The van der Waals surface area contributed by atoms with Gasteiger partial charge in [-0.3, -0.25) is 4.90 Å². The third-order valence-corrected chi connectivity index (χ3v) is 3.56. The van der Waals surface area contributed by atoms with Crippen LogP contribution in [0.25, 0.3) is 11.0 Å². The number of nitrogens with two attached hydrogens (primary N) is 1. The minimum atomic E-state index is 0.635. The summed E-state index contributed by atoms with van der Waals surface area (Å²) in [4.78, 5) is 7.14. The van der Waals surface area contributed by atoms with Gasteiger partial charge in [-0.05, 0) is 12.1 Å². The van der Waals surface area contributed by atoms with Crippen molar-refractivity contribution in [2.75, 3.05) is 32.8 Å². The summed E-state index contributed by atoms with van der Waals surface area (Å²) < 4.78 is 7.63. The van der Waals surface area contributed by atoms with Crippen molar-refractivity contribution in [1.29, 1.82) is 0 Å². The fourth-order valence-electron chi connectivity index (χ4n) is 2.58. The Hall–Kier alpha value is -1.43. The number of aromatic nitrogens is 2. The molecule has 0 amide bonds. The van der Waals surface area contributed by atoms with Crippen molar-refractivity contribution < 1.29 is 4.74 Å². The van der Waals surface area contributed by atoms with Gasteiger partial charge in [0.2, 0.25) is 0 Å². The van der Waals surface area contributed by atoms with Crippen LogP contribution < -0.4 is 5.73 Å². The molecule has 0 atom stereocenters. The number of morpholine rings is 1. The lowest BCUT2D eigenvalue weighted by Gasteiger charge is -2.26. The van der Waals surface area contributed by atoms with E-state index in [0.29, 0.717) is 6.54 Å². The fraction of sp³-hybridized carbons (Fsp3) is 0.500. The Morgan fingerprint density at radius 3 is 2.79 bits per heavy atom. The number of hydrogen-bond donors (Lipinski definition) is 1. The van der Waals surface area contributed by atoms with Gasteiger partial charge in [0.05, 0.1) is 30.8 Å². The first-order valence-corrected chi connectivity index (χ1v) is 6.83. The number of benzene rings is 1. The first-order valence-electron chi connectivity index (χ1n) is 6.83. The van der Waals surface area contributed by atoms with Crippen molar-refractivity contribution in [3.05, 3.63) is 30.1 Å². The maximum Gasteiger partial charge on any atom is 0.124 e. The van der Waals surface area contributed by atoms with Crippen molar-refractivity contribution in [1.82, 2.24) is 14.5 Å². The van der Waals surface area contributed by atoms with Gasteiger partial charge in [-0.15, -0.1) is 0 Å². The van der Waals surface area contributed by atoms with E-state index in [2.05, 4.69) is 27.7 Å². The van der Waals surface area contributed by atoms with Crippen LogP contribution in [0, 0.1) is 0 Å². The van der Waals surface area contributed by atoms with Gasteiger partial charge in [0.25, 0.3) is 0 Å². The molecule has 0 spiro atoms. The third kappa shape index (κ3) is 2.63. The Kier molecular flexibility index (Phi) is 3.77. The number of hydrogen-bond acceptors (Lipinski definition) is 4. The molecule has 3 rings (SSSR count). The number of nitrogens with zero attached hydrogens (tertiary/aromatic N) is 3. The van der Waals surface area contributed by atoms with E-state index in [9.17, 15) is 0 Å². The highest BCUT2D eigenvalue weighted by Crippen LogP contribution is 2.17. The van der Waals surface area contributed by atoms with E-state index in [1.54, 1.807) is 0 Å². The smallest absolute Gasteiger partial charge is 0.124 e. The Morgan fingerprint density at radius 1 is 1.21 bits per heavy atom. The Morgan fingerprint density at radius 2 is 2.00 bits per heavy atom. The Bertz CT molecular complexity index is 545. The highest BCUT2D eigenvalue weighted by molar-refractivity contribution is 5.75. The first kappa shape index (κ1) is 12.6. The first-order chi connectivity index (χ1) is 9.38. The van der Waals surface area contributed by atoms with Gasteiger partial charge in [-0.25, -0.2) is 4.98 Å². The lowest BCUT2D eigenvalue weighted by atomic mass is 10.3. The zero-order chi connectivity index (χ0) is 13.1. The van der Waals surface area contributed by atoms with E-state index in [-0.39, 0.29) is 0 Å². The molecule has 2 heterocycles. The number of ether oxygens (including phenoxy) is 1. The Labute approximate surface area is 113 Å². The number of para-hydroxylation sites is 2. The van der Waals surface area contributed by atoms with Crippen LogP contribution in [0.2, 0.25) is 0 Å². The molecule has 5 nitrogen and oxygen atoms in total. The number of imidazole rings is 1. The lowest BCUT2D eigenvalue weighted by Crippen LogP contribution is -2.36. The van der Waals surface area contributed by atoms with Crippen LogP contribution in [0.1, 0.15) is 5.82 Å². The van der Waals surface area contributed by atoms with E-state index in [4.69, 9.17) is 15.5 Å². The van der Waals surface area contributed by atoms with Crippen LogP contribution in [0.5, 0.6) is 0 Å². The van der Waals surface area contributed by atoms with Crippen molar-refractivity contribution in [3.8, 4) is 0 Å². The summed E-state index contributed by atoms with van der Waals surface area (Å²) in [7, 11) is 0. The zero-order valence-electron chi connectivity index (χ0n) is 11.1. The van der Waals surface area contributed by atoms with Gasteiger partial charge in [0, 0.05) is 26.2 Å². The molecule has 5 heteroatoms. The molecular weight excluding hydrogens is 240 g/mol. The molecule has 1 aliphatic heterocycles. The standard InChI is InChI=1S/C14H20N4O/c15-5-6-18-13-4-2-1-3-12(13)16-14(18)11-17-7-9-19-10-8-17/h1-4H,5-11,15H2. The van der Waals surface area contributed by atoms with Crippen LogP contribution in [0.15, 0.2) is 24.3 Å². The molecule has 0 saturated carbocycles. The van der Waals surface area contributed by atoms with E-state index in [0.717, 1.165) is 50.7 Å². The van der Waals surface area contributed by atoms with Crippen LogP contribution in [-0.2, 0) is 17.8 Å². The predicted octanol–water partition coefficient (Wildman–Crippen LogP) is 0.827. The highest BCUT2D eigenvalue weighted by Gasteiger charge is 2.15. The van der Waals surface area contributed by atoms with Gasteiger partial charge >= 0.3 is 0 Å². The van der Waals surface area contributed by atoms with Crippen molar-refractivity contribution in [2.45, 2.75) is 13.1 Å². The maximum absolute atomic E-state index is 5.73. The van der Waals surface area contributed by atoms with E-state index < -0.39 is 0 Å². The van der Waals surface area contributed by atoms with Gasteiger partial charge in [-0.2, -0.15) is 0 Å². The molecule has 1 fully saturated rings. The van der Waals surface area contributed by atoms with Gasteiger partial charge < -0.3 is 15.0 Å². The largest absolute Gasteiger partial charge is 0.379 e. The molecule has 102 valence electrons. The molecule has 1 aromatic heterocycles. The van der Waals surface area contributed by atoms with E-state index >= 15 is 0 Å². The average molecular weight is 260 g/mol. The second-order valence-corrected chi connectivity index (χ2v) is 4.85.